The molecule has 0 aromatic heterocycles. The molecule has 114 valence electrons. The van der Waals surface area contributed by atoms with Crippen LogP contribution >= 0.6 is 12.4 Å². The van der Waals surface area contributed by atoms with Crippen LogP contribution in [0.2, 0.25) is 0 Å². The minimum Gasteiger partial charge on any atom is -0.497 e. The van der Waals surface area contributed by atoms with Gasteiger partial charge in [-0.1, -0.05) is 6.92 Å². The zero-order chi connectivity index (χ0) is 13.9. The smallest absolute Gasteiger partial charge is 0.240 e. The van der Waals surface area contributed by atoms with Crippen LogP contribution in [0.1, 0.15) is 13.3 Å². The normalized spacial score (nSPS) is 22.9. The molecule has 5 nitrogen and oxygen atoms in total. The molecule has 2 N–H and O–H groups in total. The van der Waals surface area contributed by atoms with E-state index in [9.17, 15) is 8.42 Å². The van der Waals surface area contributed by atoms with Crippen molar-refractivity contribution in [1.82, 2.24) is 10.0 Å². The molecule has 2 rings (SSSR count). The van der Waals surface area contributed by atoms with Gasteiger partial charge in [-0.3, -0.25) is 0 Å². The van der Waals surface area contributed by atoms with Gasteiger partial charge in [0.15, 0.2) is 0 Å². The van der Waals surface area contributed by atoms with Gasteiger partial charge in [0.1, 0.15) is 5.75 Å². The molecule has 1 aromatic rings. The fourth-order valence-corrected chi connectivity index (χ4v) is 3.59. The number of halogens is 1. The second kappa shape index (κ2) is 7.26. The molecule has 0 spiro atoms. The molecular weight excluding hydrogens is 300 g/mol. The first kappa shape index (κ1) is 17.2. The molecule has 1 aliphatic rings. The molecule has 1 fully saturated rings. The highest BCUT2D eigenvalue weighted by Crippen LogP contribution is 2.18. The molecule has 0 saturated carbocycles. The van der Waals surface area contributed by atoms with E-state index in [1.54, 1.807) is 31.4 Å². The summed E-state index contributed by atoms with van der Waals surface area (Å²) in [5.74, 6) is 0.941. The number of benzene rings is 1. The summed E-state index contributed by atoms with van der Waals surface area (Å²) < 4.78 is 32.4. The number of ether oxygens (including phenoxy) is 1. The SMILES string of the molecule is COc1ccc(S(=O)(=O)NC2CCNCC2C)cc1.Cl. The van der Waals surface area contributed by atoms with Crippen LogP contribution in [0.15, 0.2) is 29.2 Å². The Bertz CT molecular complexity index is 519. The fourth-order valence-electron chi connectivity index (χ4n) is 2.21. The number of hydrogen-bond donors (Lipinski definition) is 2. The minimum absolute atomic E-state index is 0. The van der Waals surface area contributed by atoms with Gasteiger partial charge in [0, 0.05) is 6.04 Å². The third-order valence-electron chi connectivity index (χ3n) is 3.46. The van der Waals surface area contributed by atoms with Gasteiger partial charge >= 0.3 is 0 Å². The topological polar surface area (TPSA) is 67.4 Å². The first-order valence-corrected chi connectivity index (χ1v) is 7.88. The van der Waals surface area contributed by atoms with Gasteiger partial charge in [0.2, 0.25) is 10.0 Å². The molecule has 1 heterocycles. The van der Waals surface area contributed by atoms with Gasteiger partial charge in [-0.15, -0.1) is 12.4 Å². The van der Waals surface area contributed by atoms with Crippen molar-refractivity contribution in [3.8, 4) is 5.75 Å². The van der Waals surface area contributed by atoms with E-state index in [0.29, 0.717) is 11.7 Å². The minimum atomic E-state index is -3.45. The van der Waals surface area contributed by atoms with Crippen LogP contribution in [0.25, 0.3) is 0 Å². The van der Waals surface area contributed by atoms with Gasteiger partial charge in [-0.2, -0.15) is 0 Å². The Balaban J connectivity index is 0.00000200. The van der Waals surface area contributed by atoms with Gasteiger partial charge < -0.3 is 10.1 Å². The standard InChI is InChI=1S/C13H20N2O3S.ClH/c1-10-9-14-8-7-13(10)15-19(16,17)12-5-3-11(18-2)4-6-12;/h3-6,10,13-15H,7-9H2,1-2H3;1H. The molecule has 2 unspecified atom stereocenters. The molecule has 0 radical (unpaired) electrons. The second-order valence-electron chi connectivity index (χ2n) is 4.87. The average Bonchev–Trinajstić information content (AvgIpc) is 2.41. The molecule has 7 heteroatoms. The van der Waals surface area contributed by atoms with Crippen molar-refractivity contribution in [3.05, 3.63) is 24.3 Å². The number of methoxy groups -OCH3 is 1. The van der Waals surface area contributed by atoms with E-state index in [1.165, 1.54) is 0 Å². The fraction of sp³-hybridized carbons (Fsp3) is 0.538. The Morgan fingerprint density at radius 1 is 1.30 bits per heavy atom. The molecule has 1 aliphatic heterocycles. The van der Waals surface area contributed by atoms with E-state index in [-0.39, 0.29) is 23.3 Å². The van der Waals surface area contributed by atoms with Gasteiger partial charge in [0.05, 0.1) is 12.0 Å². The molecule has 0 aliphatic carbocycles. The van der Waals surface area contributed by atoms with Gasteiger partial charge in [-0.05, 0) is 49.7 Å². The van der Waals surface area contributed by atoms with Crippen molar-refractivity contribution in [2.24, 2.45) is 5.92 Å². The summed E-state index contributed by atoms with van der Waals surface area (Å²) in [7, 11) is -1.90. The molecule has 2 atom stereocenters. The highest BCUT2D eigenvalue weighted by molar-refractivity contribution is 7.89. The largest absolute Gasteiger partial charge is 0.497 e. The van der Waals surface area contributed by atoms with E-state index >= 15 is 0 Å². The van der Waals surface area contributed by atoms with Gasteiger partial charge in [-0.25, -0.2) is 13.1 Å². The summed E-state index contributed by atoms with van der Waals surface area (Å²) in [5.41, 5.74) is 0. The maximum absolute atomic E-state index is 12.3. The van der Waals surface area contributed by atoms with Crippen LogP contribution in [-0.2, 0) is 10.0 Å². The summed E-state index contributed by atoms with van der Waals surface area (Å²) in [5, 5.41) is 3.25. The van der Waals surface area contributed by atoms with Crippen molar-refractivity contribution in [2.45, 2.75) is 24.3 Å². The Labute approximate surface area is 126 Å². The molecule has 1 saturated heterocycles. The highest BCUT2D eigenvalue weighted by Gasteiger charge is 2.26. The van der Waals surface area contributed by atoms with E-state index < -0.39 is 10.0 Å². The number of rotatable bonds is 4. The molecular formula is C13H21ClN2O3S. The summed E-state index contributed by atoms with van der Waals surface area (Å²) in [6, 6.07) is 6.43. The van der Waals surface area contributed by atoms with Crippen molar-refractivity contribution in [1.29, 1.82) is 0 Å². The third kappa shape index (κ3) is 4.09. The Hall–Kier alpha value is -0.820. The zero-order valence-electron chi connectivity index (χ0n) is 11.6. The average molecular weight is 321 g/mol. The predicted molar refractivity (Wildman–Crippen MR) is 81.0 cm³/mol. The highest BCUT2D eigenvalue weighted by atomic mass is 35.5. The lowest BCUT2D eigenvalue weighted by Crippen LogP contribution is -2.48. The Morgan fingerprint density at radius 2 is 1.95 bits per heavy atom. The van der Waals surface area contributed by atoms with Crippen molar-refractivity contribution in [3.63, 3.8) is 0 Å². The number of piperidine rings is 1. The second-order valence-corrected chi connectivity index (χ2v) is 6.59. The van der Waals surface area contributed by atoms with Crippen LogP contribution in [0, 0.1) is 5.92 Å². The van der Waals surface area contributed by atoms with E-state index in [2.05, 4.69) is 10.0 Å². The van der Waals surface area contributed by atoms with Crippen LogP contribution in [-0.4, -0.2) is 34.7 Å². The van der Waals surface area contributed by atoms with Crippen LogP contribution < -0.4 is 14.8 Å². The number of sulfonamides is 1. The molecule has 1 aromatic carbocycles. The lowest BCUT2D eigenvalue weighted by molar-refractivity contribution is 0.328. The Morgan fingerprint density at radius 3 is 2.50 bits per heavy atom. The van der Waals surface area contributed by atoms with E-state index in [0.717, 1.165) is 19.5 Å². The summed E-state index contributed by atoms with van der Waals surface area (Å²) in [6.07, 6.45) is 0.816. The zero-order valence-corrected chi connectivity index (χ0v) is 13.3. The lowest BCUT2D eigenvalue weighted by atomic mass is 9.97. The van der Waals surface area contributed by atoms with Gasteiger partial charge in [0.25, 0.3) is 0 Å². The maximum atomic E-state index is 12.3. The quantitative estimate of drug-likeness (QED) is 0.880. The van der Waals surface area contributed by atoms with E-state index in [4.69, 9.17) is 4.74 Å². The lowest BCUT2D eigenvalue weighted by Gasteiger charge is -2.29. The first-order chi connectivity index (χ1) is 9.03. The molecule has 20 heavy (non-hydrogen) atoms. The van der Waals surface area contributed by atoms with Crippen LogP contribution in [0.3, 0.4) is 0 Å². The van der Waals surface area contributed by atoms with Crippen molar-refractivity contribution >= 4 is 22.4 Å². The maximum Gasteiger partial charge on any atom is 0.240 e. The monoisotopic (exact) mass is 320 g/mol. The van der Waals surface area contributed by atoms with Crippen LogP contribution in [0.4, 0.5) is 0 Å². The van der Waals surface area contributed by atoms with Crippen molar-refractivity contribution < 1.29 is 13.2 Å². The summed E-state index contributed by atoms with van der Waals surface area (Å²) in [6.45, 7) is 3.74. The molecule has 0 bridgehead atoms. The number of hydrogen-bond acceptors (Lipinski definition) is 4. The summed E-state index contributed by atoms with van der Waals surface area (Å²) in [4.78, 5) is 0.277. The van der Waals surface area contributed by atoms with Crippen molar-refractivity contribution in [2.75, 3.05) is 20.2 Å². The molecule has 0 amide bonds. The third-order valence-corrected chi connectivity index (χ3v) is 4.97. The first-order valence-electron chi connectivity index (χ1n) is 6.40. The van der Waals surface area contributed by atoms with Crippen LogP contribution in [0.5, 0.6) is 5.75 Å². The summed E-state index contributed by atoms with van der Waals surface area (Å²) >= 11 is 0. The predicted octanol–water partition coefficient (Wildman–Crippen LogP) is 1.39. The Kier molecular flexibility index (Phi) is 6.26. The van der Waals surface area contributed by atoms with E-state index in [1.807, 2.05) is 6.92 Å². The number of nitrogens with one attached hydrogen (secondary N) is 2.